The fraction of sp³-hybridized carbons (Fsp3) is 0.842. The van der Waals surface area contributed by atoms with Crippen molar-refractivity contribution in [1.82, 2.24) is 0 Å². The molecule has 0 amide bonds. The summed E-state index contributed by atoms with van der Waals surface area (Å²) < 4.78 is 0. The molecule has 2 nitrogen and oxygen atoms in total. The largest absolute Gasteiger partial charge is 0.393 e. The summed E-state index contributed by atoms with van der Waals surface area (Å²) in [4.78, 5) is 12.9. The molecule has 0 aliphatic heterocycles. The maximum absolute atomic E-state index is 12.5. The van der Waals surface area contributed by atoms with Crippen LogP contribution in [0, 0.1) is 28.6 Å². The van der Waals surface area contributed by atoms with Crippen molar-refractivity contribution < 1.29 is 9.90 Å². The molecule has 0 radical (unpaired) electrons. The number of aliphatic hydroxyl groups excluding tert-OH is 1. The van der Waals surface area contributed by atoms with Crippen molar-refractivity contribution in [2.24, 2.45) is 28.6 Å². The zero-order valence-electron chi connectivity index (χ0n) is 13.6. The van der Waals surface area contributed by atoms with E-state index in [9.17, 15) is 9.90 Å². The lowest BCUT2D eigenvalue weighted by Gasteiger charge is -2.58. The van der Waals surface area contributed by atoms with Crippen LogP contribution in [-0.4, -0.2) is 21.8 Å². The van der Waals surface area contributed by atoms with Gasteiger partial charge in [-0.2, -0.15) is 0 Å². The van der Waals surface area contributed by atoms with Gasteiger partial charge in [0.25, 0.3) is 0 Å². The topological polar surface area (TPSA) is 37.3 Å². The number of hydrogen-bond acceptors (Lipinski definition) is 2. The van der Waals surface area contributed by atoms with Crippen LogP contribution in [-0.2, 0) is 4.79 Å². The summed E-state index contributed by atoms with van der Waals surface area (Å²) in [5.74, 6) is 2.34. The van der Waals surface area contributed by atoms with Crippen LogP contribution < -0.4 is 0 Å². The standard InChI is InChI=1S/C19H27BrO2/c1-18-8-7-12(21)9-11(18)3-4-13-14-5-6-16(22)19(14,2)10-15(20)17(13)18/h3,12-15,17,21H,4-10H2,1-2H3/t12?,13-,14-,15?,17-,18-,19-/m0/s1. The molecular formula is C19H27BrO2. The summed E-state index contributed by atoms with van der Waals surface area (Å²) in [5, 5.41) is 10.1. The second-order valence-corrected chi connectivity index (χ2v) is 9.85. The second-order valence-electron chi connectivity index (χ2n) is 8.67. The van der Waals surface area contributed by atoms with Gasteiger partial charge in [-0.05, 0) is 61.7 Å². The Bertz CT molecular complexity index is 542. The number of fused-ring (bicyclic) bond motifs is 5. The van der Waals surface area contributed by atoms with Gasteiger partial charge in [-0.15, -0.1) is 0 Å². The monoisotopic (exact) mass is 366 g/mol. The maximum Gasteiger partial charge on any atom is 0.139 e. The third kappa shape index (κ3) is 1.90. The zero-order valence-corrected chi connectivity index (χ0v) is 15.2. The Morgan fingerprint density at radius 2 is 2.05 bits per heavy atom. The highest BCUT2D eigenvalue weighted by atomic mass is 79.9. The Kier molecular flexibility index (Phi) is 3.44. The molecule has 3 fully saturated rings. The SMILES string of the molecule is C[C@]12CCC(O)CC1=CC[C@@H]1[C@H]2C(Br)C[C@]2(C)C(=O)CC[C@@H]12. The van der Waals surface area contributed by atoms with E-state index in [2.05, 4.69) is 35.9 Å². The van der Waals surface area contributed by atoms with E-state index < -0.39 is 0 Å². The predicted molar refractivity (Wildman–Crippen MR) is 90.8 cm³/mol. The normalized spacial score (nSPS) is 54.3. The molecule has 7 atom stereocenters. The lowest BCUT2D eigenvalue weighted by molar-refractivity contribution is -0.131. The molecule has 2 unspecified atom stereocenters. The van der Waals surface area contributed by atoms with Crippen LogP contribution in [0.3, 0.4) is 0 Å². The van der Waals surface area contributed by atoms with E-state index in [4.69, 9.17) is 0 Å². The quantitative estimate of drug-likeness (QED) is 0.513. The number of allylic oxidation sites excluding steroid dienone is 1. The van der Waals surface area contributed by atoms with Crippen molar-refractivity contribution in [1.29, 1.82) is 0 Å². The summed E-state index contributed by atoms with van der Waals surface area (Å²) >= 11 is 4.00. The van der Waals surface area contributed by atoms with Crippen LogP contribution in [0.1, 0.15) is 58.8 Å². The van der Waals surface area contributed by atoms with Gasteiger partial charge in [-0.3, -0.25) is 4.79 Å². The van der Waals surface area contributed by atoms with Crippen LogP contribution in [0.4, 0.5) is 0 Å². The molecule has 3 saturated carbocycles. The van der Waals surface area contributed by atoms with Crippen LogP contribution in [0.25, 0.3) is 0 Å². The number of rotatable bonds is 0. The molecule has 0 spiro atoms. The third-order valence-corrected chi connectivity index (χ3v) is 8.58. The van der Waals surface area contributed by atoms with E-state index in [1.54, 1.807) is 0 Å². The fourth-order valence-corrected chi connectivity index (χ4v) is 8.12. The van der Waals surface area contributed by atoms with Gasteiger partial charge in [0.2, 0.25) is 0 Å². The Morgan fingerprint density at radius 1 is 1.27 bits per heavy atom. The molecular weight excluding hydrogens is 340 g/mol. The summed E-state index contributed by atoms with van der Waals surface area (Å²) in [6.45, 7) is 4.65. The highest BCUT2D eigenvalue weighted by Crippen LogP contribution is 2.65. The average Bonchev–Trinajstić information content (AvgIpc) is 2.75. The third-order valence-electron chi connectivity index (χ3n) is 7.68. The summed E-state index contributed by atoms with van der Waals surface area (Å²) in [6, 6.07) is 0. The first-order valence-electron chi connectivity index (χ1n) is 8.91. The molecule has 0 aromatic heterocycles. The minimum Gasteiger partial charge on any atom is -0.393 e. The van der Waals surface area contributed by atoms with Crippen LogP contribution >= 0.6 is 15.9 Å². The molecule has 22 heavy (non-hydrogen) atoms. The average molecular weight is 367 g/mol. The van der Waals surface area contributed by atoms with Gasteiger partial charge < -0.3 is 5.11 Å². The number of Topliss-reactive ketones (excluding diaryl/α,β-unsaturated/α-hetero) is 1. The molecule has 4 aliphatic carbocycles. The van der Waals surface area contributed by atoms with Crippen LogP contribution in [0.5, 0.6) is 0 Å². The molecule has 4 aliphatic rings. The van der Waals surface area contributed by atoms with Crippen molar-refractivity contribution >= 4 is 21.7 Å². The number of carbonyl (C=O) groups excluding carboxylic acids is 1. The first-order chi connectivity index (χ1) is 10.4. The first-order valence-corrected chi connectivity index (χ1v) is 9.83. The van der Waals surface area contributed by atoms with E-state index in [1.165, 1.54) is 5.57 Å². The van der Waals surface area contributed by atoms with Crippen LogP contribution in [0.15, 0.2) is 11.6 Å². The molecule has 0 aromatic carbocycles. The minimum absolute atomic E-state index is 0.0920. The summed E-state index contributed by atoms with van der Waals surface area (Å²) in [6.07, 6.45) is 9.16. The van der Waals surface area contributed by atoms with Gasteiger partial charge in [0, 0.05) is 16.7 Å². The molecule has 0 aromatic rings. The molecule has 1 N–H and O–H groups in total. The number of alkyl halides is 1. The molecule has 0 bridgehead atoms. The molecule has 122 valence electrons. The van der Waals surface area contributed by atoms with E-state index in [0.29, 0.717) is 28.4 Å². The van der Waals surface area contributed by atoms with Gasteiger partial charge in [0.05, 0.1) is 6.10 Å². The lowest BCUT2D eigenvalue weighted by atomic mass is 9.48. The molecule has 0 saturated heterocycles. The maximum atomic E-state index is 12.5. The summed E-state index contributed by atoms with van der Waals surface area (Å²) in [5.41, 5.74) is 1.62. The van der Waals surface area contributed by atoms with E-state index in [1.807, 2.05) is 0 Å². The second kappa shape index (κ2) is 4.92. The first kappa shape index (κ1) is 15.4. The van der Waals surface area contributed by atoms with Crippen LogP contribution in [0.2, 0.25) is 0 Å². The molecule has 4 rings (SSSR count). The van der Waals surface area contributed by atoms with E-state index in [0.717, 1.165) is 44.9 Å². The Morgan fingerprint density at radius 3 is 2.82 bits per heavy atom. The lowest BCUT2D eigenvalue weighted by Crippen LogP contribution is -2.54. The summed E-state index contributed by atoms with van der Waals surface area (Å²) in [7, 11) is 0. The smallest absolute Gasteiger partial charge is 0.139 e. The van der Waals surface area contributed by atoms with Gasteiger partial charge in [0.15, 0.2) is 0 Å². The minimum atomic E-state index is -0.147. The van der Waals surface area contributed by atoms with Crippen molar-refractivity contribution in [2.75, 3.05) is 0 Å². The zero-order chi connectivity index (χ0) is 15.7. The number of carbonyl (C=O) groups is 1. The number of halogens is 1. The number of aliphatic hydroxyl groups is 1. The van der Waals surface area contributed by atoms with E-state index >= 15 is 0 Å². The highest BCUT2D eigenvalue weighted by molar-refractivity contribution is 9.09. The Hall–Kier alpha value is -0.150. The molecule has 3 heteroatoms. The number of ketones is 1. The van der Waals surface area contributed by atoms with Gasteiger partial charge >= 0.3 is 0 Å². The van der Waals surface area contributed by atoms with Crippen molar-refractivity contribution in [3.8, 4) is 0 Å². The molecule has 0 heterocycles. The van der Waals surface area contributed by atoms with Gasteiger partial charge in [-0.1, -0.05) is 41.4 Å². The Balaban J connectivity index is 1.74. The predicted octanol–water partition coefficient (Wildman–Crippen LogP) is 4.25. The number of hydrogen-bond donors (Lipinski definition) is 1. The fourth-order valence-electron chi connectivity index (χ4n) is 6.47. The Labute approximate surface area is 141 Å². The van der Waals surface area contributed by atoms with Crippen molar-refractivity contribution in [2.45, 2.75) is 69.7 Å². The van der Waals surface area contributed by atoms with Crippen molar-refractivity contribution in [3.63, 3.8) is 0 Å². The van der Waals surface area contributed by atoms with Crippen molar-refractivity contribution in [3.05, 3.63) is 11.6 Å². The highest BCUT2D eigenvalue weighted by Gasteiger charge is 2.61. The van der Waals surface area contributed by atoms with Gasteiger partial charge in [-0.25, -0.2) is 0 Å². The van der Waals surface area contributed by atoms with Gasteiger partial charge in [0.1, 0.15) is 5.78 Å². The van der Waals surface area contributed by atoms with E-state index in [-0.39, 0.29) is 16.9 Å².